The van der Waals surface area contributed by atoms with Gasteiger partial charge in [-0.15, -0.1) is 0 Å². The first-order chi connectivity index (χ1) is 4.74. The zero-order valence-electron chi connectivity index (χ0n) is 6.89. The predicted octanol–water partition coefficient (Wildman–Crippen LogP) is -0.282. The van der Waals surface area contributed by atoms with Crippen molar-refractivity contribution >= 4 is 0 Å². The van der Waals surface area contributed by atoms with E-state index in [1.165, 1.54) is 4.90 Å². The van der Waals surface area contributed by atoms with Crippen LogP contribution in [0.15, 0.2) is 0 Å². The highest BCUT2D eigenvalue weighted by atomic mass is 16.5. The zero-order valence-corrected chi connectivity index (χ0v) is 6.89. The normalized spacial score (nSPS) is 40.5. The third kappa shape index (κ3) is 1.70. The lowest BCUT2D eigenvalue weighted by molar-refractivity contribution is -0.842. The SMILES string of the molecule is [CH2-][NH+]1C[C@H](OCC)[C@@H](C)C1. The molecule has 0 spiro atoms. The summed E-state index contributed by atoms with van der Waals surface area (Å²) in [6, 6.07) is 0. The van der Waals surface area contributed by atoms with Crippen LogP contribution in [0.2, 0.25) is 0 Å². The van der Waals surface area contributed by atoms with Gasteiger partial charge in [-0.3, -0.25) is 0 Å². The van der Waals surface area contributed by atoms with Crippen LogP contribution in [-0.2, 0) is 4.74 Å². The van der Waals surface area contributed by atoms with E-state index in [1.807, 2.05) is 6.92 Å². The quantitative estimate of drug-likeness (QED) is 0.525. The molecular weight excluding hydrogens is 126 g/mol. The van der Waals surface area contributed by atoms with Gasteiger partial charge in [-0.25, -0.2) is 0 Å². The Kier molecular flexibility index (Phi) is 2.69. The molecule has 0 aromatic rings. The Morgan fingerprint density at radius 3 is 2.70 bits per heavy atom. The maximum Gasteiger partial charge on any atom is 0.112 e. The van der Waals surface area contributed by atoms with Crippen molar-refractivity contribution in [2.24, 2.45) is 5.92 Å². The van der Waals surface area contributed by atoms with Gasteiger partial charge in [-0.2, -0.15) is 7.05 Å². The Labute approximate surface area is 63.2 Å². The second-order valence-electron chi connectivity index (χ2n) is 3.13. The van der Waals surface area contributed by atoms with Crippen LogP contribution in [0.3, 0.4) is 0 Å². The van der Waals surface area contributed by atoms with Crippen molar-refractivity contribution in [3.05, 3.63) is 7.05 Å². The molecule has 1 rings (SSSR count). The molecule has 0 radical (unpaired) electrons. The van der Waals surface area contributed by atoms with Crippen molar-refractivity contribution in [2.75, 3.05) is 19.7 Å². The van der Waals surface area contributed by atoms with Crippen molar-refractivity contribution in [2.45, 2.75) is 20.0 Å². The molecule has 0 aromatic carbocycles. The highest BCUT2D eigenvalue weighted by Crippen LogP contribution is 2.07. The van der Waals surface area contributed by atoms with Gasteiger partial charge in [0.1, 0.15) is 6.10 Å². The molecule has 2 nitrogen and oxygen atoms in total. The standard InChI is InChI=1S/C8H17NO/c1-4-10-8-6-9(3)5-7(8)2/h7-9H,3-6H2,1-2H3/t7-,8-/m0/s1. The van der Waals surface area contributed by atoms with Crippen molar-refractivity contribution in [3.8, 4) is 0 Å². The summed E-state index contributed by atoms with van der Waals surface area (Å²) in [5, 5.41) is 0. The molecule has 3 atom stereocenters. The van der Waals surface area contributed by atoms with Gasteiger partial charge in [0.15, 0.2) is 0 Å². The Hall–Kier alpha value is -0.0800. The number of hydrogen-bond acceptors (Lipinski definition) is 1. The van der Waals surface area contributed by atoms with E-state index in [9.17, 15) is 0 Å². The van der Waals surface area contributed by atoms with Crippen LogP contribution in [0.1, 0.15) is 13.8 Å². The predicted molar refractivity (Wildman–Crippen MR) is 40.6 cm³/mol. The number of nitrogens with one attached hydrogen (secondary N) is 1. The Balaban J connectivity index is 2.31. The summed E-state index contributed by atoms with van der Waals surface area (Å²) in [5.41, 5.74) is 0. The molecular formula is C8H17NO. The van der Waals surface area contributed by atoms with E-state index in [4.69, 9.17) is 4.74 Å². The van der Waals surface area contributed by atoms with Crippen molar-refractivity contribution in [3.63, 3.8) is 0 Å². The van der Waals surface area contributed by atoms with Crippen molar-refractivity contribution in [1.82, 2.24) is 0 Å². The van der Waals surface area contributed by atoms with Crippen LogP contribution in [-0.4, -0.2) is 25.8 Å². The minimum atomic E-state index is 0.456. The van der Waals surface area contributed by atoms with Crippen LogP contribution in [0.25, 0.3) is 0 Å². The lowest BCUT2D eigenvalue weighted by Crippen LogP contribution is -3.05. The lowest BCUT2D eigenvalue weighted by Gasteiger charge is -2.12. The number of rotatable bonds is 2. The molecule has 2 heteroatoms. The lowest BCUT2D eigenvalue weighted by atomic mass is 10.1. The van der Waals surface area contributed by atoms with Gasteiger partial charge >= 0.3 is 0 Å². The molecule has 1 aliphatic heterocycles. The molecule has 1 aliphatic rings. The molecule has 0 saturated carbocycles. The van der Waals surface area contributed by atoms with E-state index in [-0.39, 0.29) is 0 Å². The Morgan fingerprint density at radius 1 is 1.60 bits per heavy atom. The van der Waals surface area contributed by atoms with Crippen molar-refractivity contribution in [1.29, 1.82) is 0 Å². The number of ether oxygens (including phenoxy) is 1. The van der Waals surface area contributed by atoms with Gasteiger partial charge in [-0.05, 0) is 6.92 Å². The van der Waals surface area contributed by atoms with Crippen LogP contribution >= 0.6 is 0 Å². The molecule has 10 heavy (non-hydrogen) atoms. The molecule has 0 aliphatic carbocycles. The van der Waals surface area contributed by atoms with E-state index in [0.29, 0.717) is 12.0 Å². The first-order valence-electron chi connectivity index (χ1n) is 4.02. The van der Waals surface area contributed by atoms with E-state index < -0.39 is 0 Å². The molecule has 0 bridgehead atoms. The first kappa shape index (κ1) is 8.02. The molecule has 0 amide bonds. The van der Waals surface area contributed by atoms with Crippen LogP contribution < -0.4 is 4.90 Å². The van der Waals surface area contributed by atoms with Gasteiger partial charge in [0.05, 0.1) is 13.1 Å². The molecule has 1 saturated heterocycles. The topological polar surface area (TPSA) is 13.7 Å². The third-order valence-corrected chi connectivity index (χ3v) is 2.12. The summed E-state index contributed by atoms with van der Waals surface area (Å²) in [6.07, 6.45) is 0.456. The second-order valence-corrected chi connectivity index (χ2v) is 3.13. The minimum absolute atomic E-state index is 0.456. The van der Waals surface area contributed by atoms with Gasteiger partial charge in [0.2, 0.25) is 0 Å². The van der Waals surface area contributed by atoms with Crippen LogP contribution in [0.5, 0.6) is 0 Å². The largest absolute Gasteiger partial charge is 0.465 e. The van der Waals surface area contributed by atoms with E-state index in [2.05, 4.69) is 14.0 Å². The number of likely N-dealkylation sites (tertiary alicyclic amines) is 1. The summed E-state index contributed by atoms with van der Waals surface area (Å²) >= 11 is 0. The number of quaternary nitrogens is 1. The van der Waals surface area contributed by atoms with Gasteiger partial charge < -0.3 is 9.64 Å². The summed E-state index contributed by atoms with van der Waals surface area (Å²) in [5.74, 6) is 0.687. The minimum Gasteiger partial charge on any atom is -0.465 e. The highest BCUT2D eigenvalue weighted by Gasteiger charge is 2.28. The van der Waals surface area contributed by atoms with Crippen molar-refractivity contribution < 1.29 is 9.64 Å². The zero-order chi connectivity index (χ0) is 7.56. The molecule has 60 valence electrons. The average molecular weight is 143 g/mol. The summed E-state index contributed by atoms with van der Waals surface area (Å²) in [6.45, 7) is 7.36. The average Bonchev–Trinajstić information content (AvgIpc) is 2.13. The highest BCUT2D eigenvalue weighted by molar-refractivity contribution is 4.69. The molecule has 1 N–H and O–H groups in total. The molecule has 0 aromatic heterocycles. The van der Waals surface area contributed by atoms with E-state index in [0.717, 1.165) is 19.7 Å². The molecule has 1 heterocycles. The smallest absolute Gasteiger partial charge is 0.112 e. The fourth-order valence-corrected chi connectivity index (χ4v) is 1.59. The summed E-state index contributed by atoms with van der Waals surface area (Å²) in [4.78, 5) is 1.35. The number of hydrogen-bond donors (Lipinski definition) is 1. The third-order valence-electron chi connectivity index (χ3n) is 2.12. The monoisotopic (exact) mass is 143 g/mol. The second kappa shape index (κ2) is 3.35. The van der Waals surface area contributed by atoms with Gasteiger partial charge in [0.25, 0.3) is 0 Å². The fourth-order valence-electron chi connectivity index (χ4n) is 1.59. The maximum absolute atomic E-state index is 5.52. The van der Waals surface area contributed by atoms with Crippen LogP contribution in [0.4, 0.5) is 0 Å². The molecule has 1 unspecified atom stereocenters. The Bertz CT molecular complexity index is 105. The fraction of sp³-hybridized carbons (Fsp3) is 0.875. The first-order valence-corrected chi connectivity index (χ1v) is 4.02. The van der Waals surface area contributed by atoms with E-state index in [1.54, 1.807) is 0 Å². The van der Waals surface area contributed by atoms with Gasteiger partial charge in [0, 0.05) is 12.5 Å². The Morgan fingerprint density at radius 2 is 2.30 bits per heavy atom. The summed E-state index contributed by atoms with van der Waals surface area (Å²) < 4.78 is 5.52. The summed E-state index contributed by atoms with van der Waals surface area (Å²) in [7, 11) is 3.96. The molecule has 1 fully saturated rings. The van der Waals surface area contributed by atoms with Gasteiger partial charge in [-0.1, -0.05) is 6.92 Å². The van der Waals surface area contributed by atoms with E-state index >= 15 is 0 Å². The van der Waals surface area contributed by atoms with Crippen LogP contribution in [0, 0.1) is 13.0 Å². The maximum atomic E-state index is 5.52.